The van der Waals surface area contributed by atoms with Crippen LogP contribution in [0.5, 0.6) is 17.2 Å². The Labute approximate surface area is 208 Å². The fraction of sp³-hybridized carbons (Fsp3) is 0.481. The summed E-state index contributed by atoms with van der Waals surface area (Å²) >= 11 is 0. The molecule has 1 aromatic heterocycles. The van der Waals surface area contributed by atoms with Crippen LogP contribution in [0.15, 0.2) is 36.4 Å². The molecule has 2 N–H and O–H groups in total. The molecule has 0 amide bonds. The molecule has 0 bridgehead atoms. The Balaban J connectivity index is 1.30. The second-order valence-corrected chi connectivity index (χ2v) is 9.28. The SMILES string of the molecule is COc1cc(OC)c(OC)cc1CNC1CCC(CNc2nc(N(C)C)c3ccccc3n2)CC1. The van der Waals surface area contributed by atoms with Gasteiger partial charge in [0.2, 0.25) is 5.95 Å². The van der Waals surface area contributed by atoms with Crippen molar-refractivity contribution in [3.8, 4) is 17.2 Å². The lowest BCUT2D eigenvalue weighted by Crippen LogP contribution is -2.34. The van der Waals surface area contributed by atoms with Crippen molar-refractivity contribution in [1.82, 2.24) is 15.3 Å². The lowest BCUT2D eigenvalue weighted by atomic mass is 9.86. The van der Waals surface area contributed by atoms with Crippen LogP contribution in [-0.2, 0) is 6.54 Å². The topological polar surface area (TPSA) is 80.8 Å². The number of hydrogen-bond acceptors (Lipinski definition) is 8. The normalized spacial score (nSPS) is 17.7. The average molecular weight is 480 g/mol. The summed E-state index contributed by atoms with van der Waals surface area (Å²) in [6.07, 6.45) is 4.62. The molecule has 1 saturated carbocycles. The number of nitrogens with zero attached hydrogens (tertiary/aromatic N) is 3. The Hall–Kier alpha value is -3.26. The molecule has 0 aliphatic heterocycles. The first-order valence-electron chi connectivity index (χ1n) is 12.2. The maximum absolute atomic E-state index is 5.57. The summed E-state index contributed by atoms with van der Waals surface area (Å²) in [6.45, 7) is 1.62. The Kier molecular flexibility index (Phi) is 8.13. The van der Waals surface area contributed by atoms with Crippen molar-refractivity contribution in [1.29, 1.82) is 0 Å². The Morgan fingerprint density at radius 2 is 1.57 bits per heavy atom. The van der Waals surface area contributed by atoms with E-state index in [9.17, 15) is 0 Å². The Morgan fingerprint density at radius 1 is 0.886 bits per heavy atom. The molecule has 0 unspecified atom stereocenters. The van der Waals surface area contributed by atoms with Gasteiger partial charge in [-0.3, -0.25) is 0 Å². The zero-order valence-electron chi connectivity index (χ0n) is 21.4. The number of benzene rings is 2. The average Bonchev–Trinajstić information content (AvgIpc) is 2.90. The largest absolute Gasteiger partial charge is 0.496 e. The fourth-order valence-electron chi connectivity index (χ4n) is 4.77. The van der Waals surface area contributed by atoms with Gasteiger partial charge in [0.1, 0.15) is 11.6 Å². The molecule has 1 fully saturated rings. The third kappa shape index (κ3) is 5.88. The number of ether oxygens (including phenoxy) is 3. The summed E-state index contributed by atoms with van der Waals surface area (Å²) in [7, 11) is 9.01. The number of para-hydroxylation sites is 1. The van der Waals surface area contributed by atoms with Crippen LogP contribution in [0.3, 0.4) is 0 Å². The smallest absolute Gasteiger partial charge is 0.225 e. The van der Waals surface area contributed by atoms with Crippen LogP contribution < -0.4 is 29.7 Å². The van der Waals surface area contributed by atoms with Gasteiger partial charge >= 0.3 is 0 Å². The summed E-state index contributed by atoms with van der Waals surface area (Å²) in [5, 5.41) is 8.28. The van der Waals surface area contributed by atoms with E-state index in [1.807, 2.05) is 49.3 Å². The first-order chi connectivity index (χ1) is 17.0. The highest BCUT2D eigenvalue weighted by Gasteiger charge is 2.22. The van der Waals surface area contributed by atoms with Crippen LogP contribution in [0.2, 0.25) is 0 Å². The predicted octanol–water partition coefficient (Wildman–Crippen LogP) is 4.48. The summed E-state index contributed by atoms with van der Waals surface area (Å²) in [5.41, 5.74) is 2.03. The van der Waals surface area contributed by atoms with Gasteiger partial charge in [0.05, 0.1) is 26.8 Å². The summed E-state index contributed by atoms with van der Waals surface area (Å²) < 4.78 is 16.4. The van der Waals surface area contributed by atoms with Gasteiger partial charge in [-0.05, 0) is 49.8 Å². The van der Waals surface area contributed by atoms with Crippen LogP contribution in [0.1, 0.15) is 31.2 Å². The number of rotatable bonds is 10. The number of fused-ring (bicyclic) bond motifs is 1. The summed E-state index contributed by atoms with van der Waals surface area (Å²) in [5.74, 6) is 4.45. The van der Waals surface area contributed by atoms with E-state index in [2.05, 4.69) is 16.7 Å². The van der Waals surface area contributed by atoms with Gasteiger partial charge in [0.25, 0.3) is 0 Å². The number of methoxy groups -OCH3 is 3. The van der Waals surface area contributed by atoms with Crippen LogP contribution in [0.4, 0.5) is 11.8 Å². The number of aromatic nitrogens is 2. The minimum absolute atomic E-state index is 0.487. The zero-order valence-corrected chi connectivity index (χ0v) is 21.4. The van der Waals surface area contributed by atoms with E-state index in [0.717, 1.165) is 54.0 Å². The highest BCUT2D eigenvalue weighted by molar-refractivity contribution is 5.90. The molecule has 0 saturated heterocycles. The number of anilines is 2. The minimum atomic E-state index is 0.487. The van der Waals surface area contributed by atoms with Gasteiger partial charge in [0.15, 0.2) is 11.5 Å². The van der Waals surface area contributed by atoms with E-state index in [4.69, 9.17) is 24.2 Å². The van der Waals surface area contributed by atoms with Crippen LogP contribution in [-0.4, -0.2) is 58.0 Å². The molecule has 1 heterocycles. The molecule has 3 aromatic rings. The van der Waals surface area contributed by atoms with Crippen LogP contribution in [0.25, 0.3) is 10.9 Å². The van der Waals surface area contributed by atoms with Crippen LogP contribution in [0, 0.1) is 5.92 Å². The minimum Gasteiger partial charge on any atom is -0.496 e. The fourth-order valence-corrected chi connectivity index (χ4v) is 4.77. The maximum Gasteiger partial charge on any atom is 0.225 e. The van der Waals surface area contributed by atoms with Crippen molar-refractivity contribution in [2.24, 2.45) is 5.92 Å². The third-order valence-corrected chi connectivity index (χ3v) is 6.77. The van der Waals surface area contributed by atoms with Crippen LogP contribution >= 0.6 is 0 Å². The molecule has 0 spiro atoms. The van der Waals surface area contributed by atoms with Crippen molar-refractivity contribution in [2.45, 2.75) is 38.3 Å². The highest BCUT2D eigenvalue weighted by Crippen LogP contribution is 2.35. The molecule has 8 nitrogen and oxygen atoms in total. The van der Waals surface area contributed by atoms with Gasteiger partial charge in [-0.15, -0.1) is 0 Å². The maximum atomic E-state index is 5.57. The van der Waals surface area contributed by atoms with Crippen molar-refractivity contribution < 1.29 is 14.2 Å². The van der Waals surface area contributed by atoms with Gasteiger partial charge in [0, 0.05) is 50.2 Å². The van der Waals surface area contributed by atoms with Crippen molar-refractivity contribution in [3.63, 3.8) is 0 Å². The number of nitrogens with one attached hydrogen (secondary N) is 2. The first-order valence-corrected chi connectivity index (χ1v) is 12.2. The van der Waals surface area contributed by atoms with E-state index < -0.39 is 0 Å². The first kappa shape index (κ1) is 24.9. The Bertz CT molecular complexity index is 1130. The monoisotopic (exact) mass is 479 g/mol. The predicted molar refractivity (Wildman–Crippen MR) is 141 cm³/mol. The highest BCUT2D eigenvalue weighted by atomic mass is 16.5. The molecule has 1 aliphatic carbocycles. The molecule has 2 aromatic carbocycles. The van der Waals surface area contributed by atoms with Crippen molar-refractivity contribution >= 4 is 22.7 Å². The summed E-state index contributed by atoms with van der Waals surface area (Å²) in [6, 6.07) is 12.5. The summed E-state index contributed by atoms with van der Waals surface area (Å²) in [4.78, 5) is 11.5. The Morgan fingerprint density at radius 3 is 2.26 bits per heavy atom. The molecule has 8 heteroatoms. The molecule has 0 atom stereocenters. The third-order valence-electron chi connectivity index (χ3n) is 6.77. The second-order valence-electron chi connectivity index (χ2n) is 9.28. The van der Waals surface area contributed by atoms with Gasteiger partial charge in [-0.25, -0.2) is 4.98 Å². The molecule has 0 radical (unpaired) electrons. The van der Waals surface area contributed by atoms with Crippen molar-refractivity contribution in [2.75, 3.05) is 52.2 Å². The molecule has 188 valence electrons. The molecule has 1 aliphatic rings. The molecule has 4 rings (SSSR count). The lowest BCUT2D eigenvalue weighted by molar-refractivity contribution is 0.298. The van der Waals surface area contributed by atoms with E-state index in [1.54, 1.807) is 21.3 Å². The van der Waals surface area contributed by atoms with Gasteiger partial charge < -0.3 is 29.7 Å². The zero-order chi connectivity index (χ0) is 24.8. The van der Waals surface area contributed by atoms with Gasteiger partial charge in [-0.2, -0.15) is 4.98 Å². The van der Waals surface area contributed by atoms with E-state index in [1.165, 1.54) is 12.8 Å². The van der Waals surface area contributed by atoms with E-state index >= 15 is 0 Å². The standard InChI is InChI=1S/C27H37N5O3/c1-32(2)26-21-8-6-7-9-22(21)30-27(31-26)29-16-18-10-12-20(13-11-18)28-17-19-14-24(34-4)25(35-5)15-23(19)33-3/h6-9,14-15,18,20,28H,10-13,16-17H2,1-5H3,(H,29,30,31). The van der Waals surface area contributed by atoms with E-state index in [0.29, 0.717) is 29.4 Å². The number of hydrogen-bond donors (Lipinski definition) is 2. The quantitative estimate of drug-likeness (QED) is 0.441. The van der Waals surface area contributed by atoms with Crippen molar-refractivity contribution in [3.05, 3.63) is 42.0 Å². The second kappa shape index (κ2) is 11.4. The molecule has 35 heavy (non-hydrogen) atoms. The van der Waals surface area contributed by atoms with Gasteiger partial charge in [-0.1, -0.05) is 12.1 Å². The lowest BCUT2D eigenvalue weighted by Gasteiger charge is -2.29. The molecular weight excluding hydrogens is 442 g/mol. The molecular formula is C27H37N5O3. The van der Waals surface area contributed by atoms with E-state index in [-0.39, 0.29) is 0 Å².